The van der Waals surface area contributed by atoms with Crippen molar-refractivity contribution in [2.75, 3.05) is 6.54 Å². The predicted octanol–water partition coefficient (Wildman–Crippen LogP) is 2.21. The second-order valence-electron chi connectivity index (χ2n) is 3.08. The van der Waals surface area contributed by atoms with Gasteiger partial charge in [0.25, 0.3) is 0 Å². The van der Waals surface area contributed by atoms with Crippen molar-refractivity contribution >= 4 is 28.9 Å². The van der Waals surface area contributed by atoms with E-state index in [4.69, 9.17) is 16.7 Å². The van der Waals surface area contributed by atoms with E-state index in [1.54, 1.807) is 6.92 Å². The Hall–Kier alpha value is -0.580. The Morgan fingerprint density at radius 1 is 1.71 bits per heavy atom. The molecule has 1 aromatic heterocycles. The minimum Gasteiger partial charge on any atom is -0.481 e. The molecule has 5 heteroatoms. The monoisotopic (exact) mass is 233 g/mol. The van der Waals surface area contributed by atoms with Gasteiger partial charge in [-0.3, -0.25) is 4.79 Å². The molecule has 78 valence electrons. The van der Waals surface area contributed by atoms with E-state index in [1.165, 1.54) is 11.3 Å². The van der Waals surface area contributed by atoms with Crippen LogP contribution < -0.4 is 5.32 Å². The van der Waals surface area contributed by atoms with E-state index >= 15 is 0 Å². The lowest BCUT2D eigenvalue weighted by Crippen LogP contribution is -2.25. The second-order valence-corrected chi connectivity index (χ2v) is 4.88. The number of carbonyl (C=O) groups is 1. The van der Waals surface area contributed by atoms with Crippen LogP contribution in [0.25, 0.3) is 0 Å². The molecule has 3 nitrogen and oxygen atoms in total. The summed E-state index contributed by atoms with van der Waals surface area (Å²) in [4.78, 5) is 11.6. The van der Waals surface area contributed by atoms with Gasteiger partial charge in [-0.2, -0.15) is 0 Å². The molecule has 0 saturated heterocycles. The van der Waals surface area contributed by atoms with Gasteiger partial charge in [-0.1, -0.05) is 18.5 Å². The minimum absolute atomic E-state index is 0.356. The zero-order valence-corrected chi connectivity index (χ0v) is 9.36. The zero-order valence-electron chi connectivity index (χ0n) is 7.79. The van der Waals surface area contributed by atoms with Crippen LogP contribution in [0, 0.1) is 5.92 Å². The van der Waals surface area contributed by atoms with Gasteiger partial charge < -0.3 is 10.4 Å². The molecule has 0 aliphatic heterocycles. The van der Waals surface area contributed by atoms with Crippen molar-refractivity contribution in [1.29, 1.82) is 0 Å². The third-order valence-corrected chi connectivity index (χ3v) is 3.03. The molecular weight excluding hydrogens is 222 g/mol. The van der Waals surface area contributed by atoms with E-state index in [-0.39, 0.29) is 5.92 Å². The first-order valence-electron chi connectivity index (χ1n) is 4.27. The van der Waals surface area contributed by atoms with E-state index in [0.29, 0.717) is 13.1 Å². The van der Waals surface area contributed by atoms with Gasteiger partial charge in [0.1, 0.15) is 0 Å². The summed E-state index contributed by atoms with van der Waals surface area (Å²) in [7, 11) is 0. The highest BCUT2D eigenvalue weighted by Crippen LogP contribution is 2.20. The Morgan fingerprint density at radius 2 is 2.43 bits per heavy atom. The van der Waals surface area contributed by atoms with E-state index in [2.05, 4.69) is 5.32 Å². The van der Waals surface area contributed by atoms with E-state index < -0.39 is 5.97 Å². The smallest absolute Gasteiger partial charge is 0.307 e. The fraction of sp³-hybridized carbons (Fsp3) is 0.444. The van der Waals surface area contributed by atoms with Gasteiger partial charge in [0.05, 0.1) is 10.3 Å². The van der Waals surface area contributed by atoms with Crippen LogP contribution in [0.15, 0.2) is 12.1 Å². The molecule has 0 spiro atoms. The van der Waals surface area contributed by atoms with Gasteiger partial charge in [0.15, 0.2) is 0 Å². The van der Waals surface area contributed by atoms with Gasteiger partial charge in [-0.25, -0.2) is 0 Å². The summed E-state index contributed by atoms with van der Waals surface area (Å²) < 4.78 is 0.757. The first-order chi connectivity index (χ1) is 6.59. The normalized spacial score (nSPS) is 12.7. The first kappa shape index (κ1) is 11.5. The van der Waals surface area contributed by atoms with Crippen LogP contribution >= 0.6 is 22.9 Å². The van der Waals surface area contributed by atoms with E-state index in [9.17, 15) is 4.79 Å². The fourth-order valence-electron chi connectivity index (χ4n) is 0.946. The van der Waals surface area contributed by atoms with Crippen LogP contribution in [0.3, 0.4) is 0 Å². The number of aliphatic carboxylic acids is 1. The zero-order chi connectivity index (χ0) is 10.6. The maximum absolute atomic E-state index is 10.5. The highest BCUT2D eigenvalue weighted by molar-refractivity contribution is 7.16. The first-order valence-corrected chi connectivity index (χ1v) is 5.47. The van der Waals surface area contributed by atoms with E-state index in [1.807, 2.05) is 12.1 Å². The van der Waals surface area contributed by atoms with Gasteiger partial charge in [0.2, 0.25) is 0 Å². The second kappa shape index (κ2) is 5.34. The lowest BCUT2D eigenvalue weighted by Gasteiger charge is -2.06. The van der Waals surface area contributed by atoms with Crippen molar-refractivity contribution in [3.63, 3.8) is 0 Å². The van der Waals surface area contributed by atoms with Crippen LogP contribution in [-0.4, -0.2) is 17.6 Å². The molecule has 1 unspecified atom stereocenters. The Morgan fingerprint density at radius 3 is 2.93 bits per heavy atom. The Balaban J connectivity index is 2.25. The van der Waals surface area contributed by atoms with E-state index in [0.717, 1.165) is 9.21 Å². The molecule has 1 atom stereocenters. The van der Waals surface area contributed by atoms with Crippen LogP contribution in [0.1, 0.15) is 11.8 Å². The van der Waals surface area contributed by atoms with Crippen molar-refractivity contribution in [1.82, 2.24) is 5.32 Å². The molecule has 1 aromatic rings. The molecule has 0 aromatic carbocycles. The van der Waals surface area contributed by atoms with Gasteiger partial charge >= 0.3 is 5.97 Å². The molecule has 0 radical (unpaired) electrons. The maximum atomic E-state index is 10.5. The fourth-order valence-corrected chi connectivity index (χ4v) is 2.00. The molecule has 0 aliphatic carbocycles. The van der Waals surface area contributed by atoms with Crippen LogP contribution in [0.2, 0.25) is 4.34 Å². The van der Waals surface area contributed by atoms with Crippen LogP contribution in [-0.2, 0) is 11.3 Å². The summed E-state index contributed by atoms with van der Waals surface area (Å²) in [6.45, 7) is 2.83. The highest BCUT2D eigenvalue weighted by Gasteiger charge is 2.09. The lowest BCUT2D eigenvalue weighted by molar-refractivity contribution is -0.140. The van der Waals surface area contributed by atoms with Gasteiger partial charge in [0, 0.05) is 18.0 Å². The number of rotatable bonds is 5. The molecule has 0 aliphatic rings. The third-order valence-electron chi connectivity index (χ3n) is 1.80. The van der Waals surface area contributed by atoms with Crippen molar-refractivity contribution in [2.24, 2.45) is 5.92 Å². The summed E-state index contributed by atoms with van der Waals surface area (Å²) >= 11 is 7.25. The average Bonchev–Trinajstić information content (AvgIpc) is 2.51. The Kier molecular flexibility index (Phi) is 4.38. The summed E-state index contributed by atoms with van der Waals surface area (Å²) in [6.07, 6.45) is 0. The van der Waals surface area contributed by atoms with Crippen molar-refractivity contribution < 1.29 is 9.90 Å². The van der Waals surface area contributed by atoms with Crippen molar-refractivity contribution in [2.45, 2.75) is 13.5 Å². The van der Waals surface area contributed by atoms with Gasteiger partial charge in [-0.15, -0.1) is 11.3 Å². The summed E-state index contributed by atoms with van der Waals surface area (Å²) in [5.74, 6) is -1.13. The molecule has 0 fully saturated rings. The molecule has 2 N–H and O–H groups in total. The number of nitrogens with one attached hydrogen (secondary N) is 1. The van der Waals surface area contributed by atoms with Crippen LogP contribution in [0.5, 0.6) is 0 Å². The highest BCUT2D eigenvalue weighted by atomic mass is 35.5. The molecule has 1 rings (SSSR count). The molecule has 14 heavy (non-hydrogen) atoms. The molecule has 1 heterocycles. The number of hydrogen-bond acceptors (Lipinski definition) is 3. The SMILES string of the molecule is CC(CNCc1ccc(Cl)s1)C(=O)O. The molecule has 0 amide bonds. The number of carboxylic acids is 1. The minimum atomic E-state index is -0.776. The largest absolute Gasteiger partial charge is 0.481 e. The number of hydrogen-bond donors (Lipinski definition) is 2. The predicted molar refractivity (Wildman–Crippen MR) is 57.8 cm³/mol. The number of carboxylic acid groups (broad SMARTS) is 1. The van der Waals surface area contributed by atoms with Gasteiger partial charge in [-0.05, 0) is 12.1 Å². The summed E-state index contributed by atoms with van der Waals surface area (Å²) in [5, 5.41) is 11.7. The lowest BCUT2D eigenvalue weighted by atomic mass is 10.2. The van der Waals surface area contributed by atoms with Crippen molar-refractivity contribution in [3.05, 3.63) is 21.3 Å². The number of thiophene rings is 1. The molecule has 0 saturated carbocycles. The average molecular weight is 234 g/mol. The Labute approximate surface area is 91.7 Å². The van der Waals surface area contributed by atoms with Crippen molar-refractivity contribution in [3.8, 4) is 0 Å². The standard InChI is InChI=1S/C9H12ClNO2S/c1-6(9(12)13)4-11-5-7-2-3-8(10)14-7/h2-3,6,11H,4-5H2,1H3,(H,12,13). The molecule has 0 bridgehead atoms. The Bertz CT molecular complexity index is 314. The maximum Gasteiger partial charge on any atom is 0.307 e. The number of halogens is 1. The quantitative estimate of drug-likeness (QED) is 0.820. The topological polar surface area (TPSA) is 49.3 Å². The summed E-state index contributed by atoms with van der Waals surface area (Å²) in [6, 6.07) is 3.77. The summed E-state index contributed by atoms with van der Waals surface area (Å²) in [5.41, 5.74) is 0. The van der Waals surface area contributed by atoms with Crippen LogP contribution in [0.4, 0.5) is 0 Å². The molecular formula is C9H12ClNO2S. The third kappa shape index (κ3) is 3.65.